The topological polar surface area (TPSA) is 80.7 Å². The lowest BCUT2D eigenvalue weighted by Gasteiger charge is -2.46. The van der Waals surface area contributed by atoms with E-state index < -0.39 is 121 Å². The van der Waals surface area contributed by atoms with E-state index in [9.17, 15) is 98.1 Å². The van der Waals surface area contributed by atoms with Crippen LogP contribution in [0.4, 0.5) is 83.4 Å². The molecular weight excluding hydrogens is 669 g/mol. The Kier molecular flexibility index (Phi) is 9.73. The molecular formula is C18H15F19N2O4. The lowest BCUT2D eigenvalue weighted by molar-refractivity contribution is -0.926. The van der Waals surface area contributed by atoms with Gasteiger partial charge in [0.15, 0.2) is 0 Å². The molecule has 1 fully saturated rings. The van der Waals surface area contributed by atoms with Crippen LogP contribution in [0, 0.1) is 0 Å². The fraction of sp³-hybridized carbons (Fsp3) is 0.889. The van der Waals surface area contributed by atoms with E-state index in [2.05, 4.69) is 0 Å². The number of carboxylic acid groups (broad SMARTS) is 1. The van der Waals surface area contributed by atoms with Gasteiger partial charge in [-0.15, -0.1) is 0 Å². The molecule has 1 aliphatic rings. The Morgan fingerprint density at radius 3 is 1.23 bits per heavy atom. The van der Waals surface area contributed by atoms with E-state index in [4.69, 9.17) is 5.11 Å². The number of hydrogen-bond donors (Lipinski definition) is 1. The number of quaternary nitrogens is 1. The minimum atomic E-state index is -9.10. The normalized spacial score (nSPS) is 18.6. The highest BCUT2D eigenvalue weighted by molar-refractivity contribution is 5.85. The standard InChI is InChI=1S/C18H15F19N2O4/c19-10(20,9(43)38-1-3-39(4-2-38,5-6-40)7-8(41)42)11(21,22)12(23,24)13(25,26)14(27,28)15(29,30)16(31,32)17(33,34)18(35,36)37/h40H,1-7H2. The van der Waals surface area contributed by atoms with Crippen molar-refractivity contribution < 1.29 is 108 Å². The van der Waals surface area contributed by atoms with Crippen LogP contribution in [0.5, 0.6) is 0 Å². The summed E-state index contributed by atoms with van der Waals surface area (Å²) < 4.78 is 255. The predicted molar refractivity (Wildman–Crippen MR) is 94.0 cm³/mol. The molecule has 0 unspecified atom stereocenters. The lowest BCUT2D eigenvalue weighted by Crippen LogP contribution is -2.76. The van der Waals surface area contributed by atoms with Crippen LogP contribution in [0.15, 0.2) is 0 Å². The number of aliphatic hydroxyl groups is 1. The second-order valence-corrected chi connectivity index (χ2v) is 9.15. The predicted octanol–water partition coefficient (Wildman–Crippen LogP) is 3.03. The molecule has 1 aliphatic heterocycles. The number of piperazine rings is 1. The van der Waals surface area contributed by atoms with Crippen molar-refractivity contribution in [2.45, 2.75) is 53.6 Å². The van der Waals surface area contributed by atoms with Gasteiger partial charge in [0.1, 0.15) is 13.1 Å². The zero-order valence-electron chi connectivity index (χ0n) is 20.2. The zero-order valence-corrected chi connectivity index (χ0v) is 20.2. The molecule has 1 saturated heterocycles. The van der Waals surface area contributed by atoms with Crippen LogP contribution in [-0.4, -0.2) is 126 Å². The van der Waals surface area contributed by atoms with Crippen molar-refractivity contribution in [3.05, 3.63) is 0 Å². The Morgan fingerprint density at radius 1 is 0.605 bits per heavy atom. The van der Waals surface area contributed by atoms with E-state index in [1.165, 1.54) is 0 Å². The Balaban J connectivity index is 3.54. The SMILES string of the molecule is O=C([O-])C[N+]1(CCO)CCN(C(=O)C(F)(F)C(F)(F)C(F)(F)C(F)(F)C(F)(F)C(F)(F)C(F)(F)C(F)(F)C(F)(F)F)CC1. The molecule has 0 aliphatic carbocycles. The fourth-order valence-corrected chi connectivity index (χ4v) is 3.73. The van der Waals surface area contributed by atoms with Crippen LogP contribution >= 0.6 is 0 Å². The summed E-state index contributed by atoms with van der Waals surface area (Å²) in [4.78, 5) is 22.2. The maximum Gasteiger partial charge on any atom is 0.460 e. The molecule has 6 nitrogen and oxygen atoms in total. The third kappa shape index (κ3) is 5.51. The first-order valence-corrected chi connectivity index (χ1v) is 10.7. The van der Waals surface area contributed by atoms with Gasteiger partial charge < -0.3 is 24.4 Å². The molecule has 0 aromatic rings. The minimum Gasteiger partial charge on any atom is -0.544 e. The first-order chi connectivity index (χ1) is 18.7. The highest BCUT2D eigenvalue weighted by Gasteiger charge is 2.97. The number of halogens is 19. The van der Waals surface area contributed by atoms with Gasteiger partial charge >= 0.3 is 53.6 Å². The smallest absolute Gasteiger partial charge is 0.460 e. The Hall–Kier alpha value is -2.47. The molecule has 0 bridgehead atoms. The zero-order chi connectivity index (χ0) is 34.7. The summed E-state index contributed by atoms with van der Waals surface area (Å²) in [6, 6.07) is 0. The van der Waals surface area contributed by atoms with E-state index >= 15 is 0 Å². The van der Waals surface area contributed by atoms with E-state index in [1.807, 2.05) is 0 Å². The van der Waals surface area contributed by atoms with Crippen LogP contribution in [0.25, 0.3) is 0 Å². The average molecular weight is 684 g/mol. The summed E-state index contributed by atoms with van der Waals surface area (Å²) in [5.74, 6) is -74.3. The first kappa shape index (κ1) is 38.6. The molecule has 0 radical (unpaired) electrons. The molecule has 25 heteroatoms. The third-order valence-corrected chi connectivity index (χ3v) is 6.40. The van der Waals surface area contributed by atoms with Crippen molar-refractivity contribution in [3.63, 3.8) is 0 Å². The van der Waals surface area contributed by atoms with Crippen molar-refractivity contribution in [2.75, 3.05) is 45.9 Å². The molecule has 1 N–H and O–H groups in total. The molecule has 43 heavy (non-hydrogen) atoms. The van der Waals surface area contributed by atoms with E-state index in [1.54, 1.807) is 0 Å². The Labute approximate surface area is 225 Å². The summed E-state index contributed by atoms with van der Waals surface area (Å²) in [5.41, 5.74) is 0. The van der Waals surface area contributed by atoms with Gasteiger partial charge in [-0.05, 0) is 0 Å². The van der Waals surface area contributed by atoms with E-state index in [-0.39, 0.29) is 0 Å². The third-order valence-electron chi connectivity index (χ3n) is 6.40. The van der Waals surface area contributed by atoms with Crippen molar-refractivity contribution in [1.82, 2.24) is 4.90 Å². The number of amides is 1. The van der Waals surface area contributed by atoms with Crippen LogP contribution < -0.4 is 5.11 Å². The Bertz CT molecular complexity index is 1050. The first-order valence-electron chi connectivity index (χ1n) is 10.7. The lowest BCUT2D eigenvalue weighted by atomic mass is 9.87. The monoisotopic (exact) mass is 684 g/mol. The molecule has 0 aromatic heterocycles. The van der Waals surface area contributed by atoms with Crippen molar-refractivity contribution in [3.8, 4) is 0 Å². The number of aliphatic hydroxyl groups excluding tert-OH is 1. The van der Waals surface area contributed by atoms with Crippen molar-refractivity contribution in [2.24, 2.45) is 0 Å². The molecule has 0 saturated carbocycles. The second kappa shape index (κ2) is 10.9. The van der Waals surface area contributed by atoms with Gasteiger partial charge in [-0.25, -0.2) is 0 Å². The van der Waals surface area contributed by atoms with Gasteiger partial charge in [0, 0.05) is 0 Å². The van der Waals surface area contributed by atoms with Crippen LogP contribution in [0.2, 0.25) is 0 Å². The highest BCUT2D eigenvalue weighted by Crippen LogP contribution is 2.65. The van der Waals surface area contributed by atoms with Gasteiger partial charge in [0.05, 0.1) is 38.8 Å². The van der Waals surface area contributed by atoms with Crippen molar-refractivity contribution >= 4 is 11.9 Å². The minimum absolute atomic E-state index is 0.534. The van der Waals surface area contributed by atoms with E-state index in [0.29, 0.717) is 0 Å². The van der Waals surface area contributed by atoms with Crippen molar-refractivity contribution in [1.29, 1.82) is 0 Å². The highest BCUT2D eigenvalue weighted by atomic mass is 19.4. The molecule has 0 spiro atoms. The molecule has 0 atom stereocenters. The summed E-state index contributed by atoms with van der Waals surface area (Å²) in [7, 11) is 0. The molecule has 0 aromatic carbocycles. The molecule has 1 rings (SSSR count). The largest absolute Gasteiger partial charge is 0.544 e. The number of aliphatic carboxylic acids is 1. The summed E-state index contributed by atoms with van der Waals surface area (Å²) in [6.45, 7) is -6.79. The Morgan fingerprint density at radius 2 is 0.930 bits per heavy atom. The molecule has 254 valence electrons. The van der Waals surface area contributed by atoms with E-state index in [0.717, 1.165) is 0 Å². The number of alkyl halides is 19. The number of nitrogens with zero attached hydrogens (tertiary/aromatic N) is 2. The van der Waals surface area contributed by atoms with Gasteiger partial charge in [0.25, 0.3) is 5.91 Å². The number of carbonyl (C=O) groups excluding carboxylic acids is 2. The summed E-state index contributed by atoms with van der Waals surface area (Å²) in [6.07, 6.45) is -7.99. The quantitative estimate of drug-likeness (QED) is 0.254. The number of hydrogen-bond acceptors (Lipinski definition) is 4. The van der Waals surface area contributed by atoms with Crippen LogP contribution in [0.1, 0.15) is 0 Å². The van der Waals surface area contributed by atoms with Gasteiger partial charge in [-0.3, -0.25) is 4.79 Å². The summed E-state index contributed by atoms with van der Waals surface area (Å²) in [5, 5.41) is 19.8. The van der Waals surface area contributed by atoms with Gasteiger partial charge in [-0.1, -0.05) is 0 Å². The molecule has 1 amide bonds. The van der Waals surface area contributed by atoms with Gasteiger partial charge in [-0.2, -0.15) is 83.4 Å². The summed E-state index contributed by atoms with van der Waals surface area (Å²) >= 11 is 0. The van der Waals surface area contributed by atoms with Crippen LogP contribution in [-0.2, 0) is 9.59 Å². The maximum absolute atomic E-state index is 14.3. The average Bonchev–Trinajstić information content (AvgIpc) is 2.82. The molecule has 1 heterocycles. The van der Waals surface area contributed by atoms with Gasteiger partial charge in [0.2, 0.25) is 0 Å². The number of carboxylic acids is 1. The fourth-order valence-electron chi connectivity index (χ4n) is 3.73. The van der Waals surface area contributed by atoms with Crippen LogP contribution in [0.3, 0.4) is 0 Å². The number of rotatable bonds is 12. The number of carbonyl (C=O) groups is 2. The maximum atomic E-state index is 14.3. The second-order valence-electron chi connectivity index (χ2n) is 9.15.